The van der Waals surface area contributed by atoms with E-state index in [0.717, 1.165) is 12.8 Å². The van der Waals surface area contributed by atoms with Crippen molar-refractivity contribution in [1.29, 1.82) is 0 Å². The summed E-state index contributed by atoms with van der Waals surface area (Å²) < 4.78 is 24.7. The molecule has 1 atom stereocenters. The first kappa shape index (κ1) is 11.9. The average Bonchev–Trinajstić information content (AvgIpc) is 2.84. The fourth-order valence-corrected chi connectivity index (χ4v) is 3.10. The molecule has 0 saturated heterocycles. The summed E-state index contributed by atoms with van der Waals surface area (Å²) in [5.41, 5.74) is 5.41. The van der Waals surface area contributed by atoms with E-state index in [1.807, 2.05) is 0 Å². The topological polar surface area (TPSA) is 63.4 Å². The fraction of sp³-hybridized carbons (Fsp3) is 0.875. The number of sulfonamides is 1. The van der Waals surface area contributed by atoms with Crippen molar-refractivity contribution < 1.29 is 8.42 Å². The van der Waals surface area contributed by atoms with E-state index in [0.29, 0.717) is 5.92 Å². The molecule has 2 N–H and O–H groups in total. The van der Waals surface area contributed by atoms with Gasteiger partial charge < -0.3 is 5.73 Å². The van der Waals surface area contributed by atoms with Crippen LogP contribution in [-0.2, 0) is 10.0 Å². The van der Waals surface area contributed by atoms with Crippen LogP contribution in [0.2, 0.25) is 0 Å². The first-order valence-electron chi connectivity index (χ1n) is 4.59. The van der Waals surface area contributed by atoms with E-state index in [1.54, 1.807) is 6.92 Å². The first-order chi connectivity index (χ1) is 6.34. The number of hydrogen-bond acceptors (Lipinski definition) is 3. The predicted octanol–water partition coefficient (Wildman–Crippen LogP) is 0.333. The van der Waals surface area contributed by atoms with Gasteiger partial charge in [-0.1, -0.05) is 12.2 Å². The highest BCUT2D eigenvalue weighted by molar-refractivity contribution is 7.89. The van der Waals surface area contributed by atoms with Gasteiger partial charge in [0.1, 0.15) is 0 Å². The number of likely N-dealkylation sites (N-methyl/N-ethyl adjacent to an activating group) is 1. The van der Waals surface area contributed by atoms with Crippen LogP contribution < -0.4 is 5.73 Å². The van der Waals surface area contributed by atoms with Crippen LogP contribution in [0.4, 0.5) is 0 Å². The monoisotopic (exact) mass is 236 g/mol. The van der Waals surface area contributed by atoms with Gasteiger partial charge in [0.2, 0.25) is 10.0 Å². The third-order valence-electron chi connectivity index (χ3n) is 2.54. The number of thiocarbonyl (C=S) groups is 1. The zero-order chi connectivity index (χ0) is 10.9. The van der Waals surface area contributed by atoms with Crippen LogP contribution in [0.3, 0.4) is 0 Å². The van der Waals surface area contributed by atoms with Crippen molar-refractivity contribution in [2.24, 2.45) is 11.7 Å². The molecule has 0 spiro atoms. The third kappa shape index (κ3) is 2.90. The molecule has 1 fully saturated rings. The summed E-state index contributed by atoms with van der Waals surface area (Å²) in [6.07, 6.45) is 2.04. The lowest BCUT2D eigenvalue weighted by Crippen LogP contribution is -2.43. The van der Waals surface area contributed by atoms with Crippen LogP contribution in [-0.4, -0.2) is 36.6 Å². The number of nitrogens with two attached hydrogens (primary N) is 1. The molecule has 1 aliphatic carbocycles. The molecule has 1 aliphatic rings. The lowest BCUT2D eigenvalue weighted by molar-refractivity contribution is 0.449. The van der Waals surface area contributed by atoms with Gasteiger partial charge in [0.25, 0.3) is 0 Å². The van der Waals surface area contributed by atoms with Crippen molar-refractivity contribution in [3.05, 3.63) is 0 Å². The SMILES string of the molecule is CC(C(N)=S)N(C)S(=O)(=O)CC1CC1. The standard InChI is InChI=1S/C8H16N2O2S2/c1-6(8(9)13)10(2)14(11,12)5-7-3-4-7/h6-7H,3-5H2,1-2H3,(H2,9,13). The highest BCUT2D eigenvalue weighted by Crippen LogP contribution is 2.31. The predicted molar refractivity (Wildman–Crippen MR) is 60.5 cm³/mol. The van der Waals surface area contributed by atoms with E-state index >= 15 is 0 Å². The van der Waals surface area contributed by atoms with E-state index in [4.69, 9.17) is 18.0 Å². The van der Waals surface area contributed by atoms with Crippen LogP contribution in [0.1, 0.15) is 19.8 Å². The van der Waals surface area contributed by atoms with Crippen LogP contribution in [0.25, 0.3) is 0 Å². The molecule has 82 valence electrons. The largest absolute Gasteiger partial charge is 0.392 e. The van der Waals surface area contributed by atoms with E-state index < -0.39 is 16.1 Å². The van der Waals surface area contributed by atoms with Crippen molar-refractivity contribution in [2.45, 2.75) is 25.8 Å². The summed E-state index contributed by atoms with van der Waals surface area (Å²) in [5.74, 6) is 0.581. The van der Waals surface area contributed by atoms with Gasteiger partial charge in [0.05, 0.1) is 16.8 Å². The zero-order valence-electron chi connectivity index (χ0n) is 8.43. The molecule has 1 unspecified atom stereocenters. The van der Waals surface area contributed by atoms with Gasteiger partial charge in [-0.05, 0) is 25.7 Å². The molecule has 0 amide bonds. The highest BCUT2D eigenvalue weighted by atomic mass is 32.2. The number of rotatable bonds is 5. The quantitative estimate of drug-likeness (QED) is 0.699. The van der Waals surface area contributed by atoms with Gasteiger partial charge in [0.15, 0.2) is 0 Å². The van der Waals surface area contributed by atoms with Crippen molar-refractivity contribution in [3.8, 4) is 0 Å². The molecule has 6 heteroatoms. The number of nitrogens with zero attached hydrogens (tertiary/aromatic N) is 1. The van der Waals surface area contributed by atoms with Crippen LogP contribution >= 0.6 is 12.2 Å². The Morgan fingerprint density at radius 1 is 1.64 bits per heavy atom. The Balaban J connectivity index is 2.65. The molecule has 1 saturated carbocycles. The smallest absolute Gasteiger partial charge is 0.214 e. The second-order valence-electron chi connectivity index (χ2n) is 3.82. The Kier molecular flexibility index (Phi) is 3.49. The molecule has 0 aromatic rings. The molecule has 0 aromatic heterocycles. The molecular formula is C8H16N2O2S2. The highest BCUT2D eigenvalue weighted by Gasteiger charge is 2.32. The summed E-state index contributed by atoms with van der Waals surface area (Å²) in [5, 5.41) is 0. The van der Waals surface area contributed by atoms with Gasteiger partial charge in [-0.15, -0.1) is 0 Å². The molecule has 0 radical (unpaired) electrons. The van der Waals surface area contributed by atoms with E-state index in [-0.39, 0.29) is 10.7 Å². The van der Waals surface area contributed by atoms with Crippen molar-refractivity contribution in [3.63, 3.8) is 0 Å². The lowest BCUT2D eigenvalue weighted by atomic mass is 10.3. The van der Waals surface area contributed by atoms with Crippen molar-refractivity contribution >= 4 is 27.2 Å². The minimum Gasteiger partial charge on any atom is -0.392 e. The molecule has 0 bridgehead atoms. The minimum atomic E-state index is -3.18. The van der Waals surface area contributed by atoms with Crippen molar-refractivity contribution in [2.75, 3.05) is 12.8 Å². The first-order valence-corrected chi connectivity index (χ1v) is 6.61. The van der Waals surface area contributed by atoms with Crippen LogP contribution in [0, 0.1) is 5.92 Å². The van der Waals surface area contributed by atoms with Gasteiger partial charge >= 0.3 is 0 Å². The van der Waals surface area contributed by atoms with E-state index in [9.17, 15) is 8.42 Å². The summed E-state index contributed by atoms with van der Waals surface area (Å²) >= 11 is 4.76. The van der Waals surface area contributed by atoms with Gasteiger partial charge in [-0.3, -0.25) is 0 Å². The Hall–Kier alpha value is -0.200. The molecular weight excluding hydrogens is 220 g/mol. The molecule has 0 heterocycles. The zero-order valence-corrected chi connectivity index (χ0v) is 10.1. The summed E-state index contributed by atoms with van der Waals surface area (Å²) in [6, 6.07) is -0.395. The van der Waals surface area contributed by atoms with Crippen molar-refractivity contribution in [1.82, 2.24) is 4.31 Å². The second kappa shape index (κ2) is 4.12. The van der Waals surface area contributed by atoms with E-state index in [1.165, 1.54) is 11.4 Å². The molecule has 4 nitrogen and oxygen atoms in total. The lowest BCUT2D eigenvalue weighted by Gasteiger charge is -2.23. The normalized spacial score (nSPS) is 19.6. The molecule has 0 aliphatic heterocycles. The maximum absolute atomic E-state index is 11.7. The summed E-state index contributed by atoms with van der Waals surface area (Å²) in [4.78, 5) is 0.215. The Morgan fingerprint density at radius 3 is 2.50 bits per heavy atom. The third-order valence-corrected chi connectivity index (χ3v) is 4.97. The Morgan fingerprint density at radius 2 is 2.14 bits per heavy atom. The maximum Gasteiger partial charge on any atom is 0.214 e. The molecule has 14 heavy (non-hydrogen) atoms. The summed E-state index contributed by atoms with van der Waals surface area (Å²) in [6.45, 7) is 1.70. The van der Waals surface area contributed by atoms with E-state index in [2.05, 4.69) is 0 Å². The molecule has 1 rings (SSSR count). The number of hydrogen-bond donors (Lipinski definition) is 1. The van der Waals surface area contributed by atoms with Gasteiger partial charge in [-0.25, -0.2) is 8.42 Å². The Bertz CT molecular complexity index is 322. The second-order valence-corrected chi connectivity index (χ2v) is 6.36. The Labute approximate surface area is 90.5 Å². The average molecular weight is 236 g/mol. The minimum absolute atomic E-state index is 0.215. The van der Waals surface area contributed by atoms with Crippen LogP contribution in [0.15, 0.2) is 0 Å². The fourth-order valence-electron chi connectivity index (χ4n) is 1.12. The van der Waals surface area contributed by atoms with Crippen LogP contribution in [0.5, 0.6) is 0 Å². The molecule has 0 aromatic carbocycles. The maximum atomic E-state index is 11.7. The summed E-state index contributed by atoms with van der Waals surface area (Å²) in [7, 11) is -1.65. The van der Waals surface area contributed by atoms with Gasteiger partial charge in [-0.2, -0.15) is 4.31 Å². The van der Waals surface area contributed by atoms with Gasteiger partial charge in [0, 0.05) is 7.05 Å².